The Morgan fingerprint density at radius 1 is 1.14 bits per heavy atom. The van der Waals surface area contributed by atoms with Gasteiger partial charge in [0, 0.05) is 17.8 Å². The van der Waals surface area contributed by atoms with Crippen LogP contribution >= 0.6 is 0 Å². The van der Waals surface area contributed by atoms with Crippen LogP contribution in [0.2, 0.25) is 0 Å². The van der Waals surface area contributed by atoms with Gasteiger partial charge in [-0.3, -0.25) is 9.48 Å². The molecule has 0 radical (unpaired) electrons. The minimum absolute atomic E-state index is 0.0349. The highest BCUT2D eigenvalue weighted by Gasteiger charge is 2.33. The van der Waals surface area contributed by atoms with Crippen molar-refractivity contribution in [2.24, 2.45) is 11.8 Å². The lowest BCUT2D eigenvalue weighted by Gasteiger charge is -2.30. The summed E-state index contributed by atoms with van der Waals surface area (Å²) in [6, 6.07) is 6.04. The van der Waals surface area contributed by atoms with Crippen LogP contribution < -0.4 is 5.32 Å². The van der Waals surface area contributed by atoms with Crippen LogP contribution in [0.3, 0.4) is 0 Å². The maximum Gasteiger partial charge on any atom is 0.433 e. The molecule has 7 nitrogen and oxygen atoms in total. The molecule has 1 saturated carbocycles. The Labute approximate surface area is 201 Å². The molecule has 1 fully saturated rings. The second-order valence-corrected chi connectivity index (χ2v) is 11.4. The van der Waals surface area contributed by atoms with Gasteiger partial charge in [-0.1, -0.05) is 19.9 Å². The molecule has 0 saturated heterocycles. The lowest BCUT2D eigenvalue weighted by atomic mass is 9.80. The molecule has 1 aromatic carbocycles. The van der Waals surface area contributed by atoms with Crippen LogP contribution in [0, 0.1) is 11.8 Å². The summed E-state index contributed by atoms with van der Waals surface area (Å²) in [6.45, 7) is 4.45. The molecule has 2 heterocycles. The first-order valence-electron chi connectivity index (χ1n) is 11.4. The monoisotopic (exact) mass is 508 g/mol. The number of rotatable bonds is 5. The van der Waals surface area contributed by atoms with E-state index in [1.54, 1.807) is 0 Å². The Kier molecular flexibility index (Phi) is 6.65. The van der Waals surface area contributed by atoms with E-state index in [2.05, 4.69) is 29.2 Å². The molecule has 0 atom stereocenters. The fourth-order valence-corrected chi connectivity index (χ4v) is 5.44. The van der Waals surface area contributed by atoms with Crippen LogP contribution in [0.1, 0.15) is 61.8 Å². The summed E-state index contributed by atoms with van der Waals surface area (Å²) in [7, 11) is -3.78. The molecular weight excluding hydrogens is 481 g/mol. The van der Waals surface area contributed by atoms with Crippen LogP contribution in [-0.4, -0.2) is 35.3 Å². The van der Waals surface area contributed by atoms with Gasteiger partial charge in [0.1, 0.15) is 11.4 Å². The third-order valence-corrected chi connectivity index (χ3v) is 7.74. The molecule has 0 bridgehead atoms. The minimum atomic E-state index is -4.71. The molecule has 0 unspecified atom stereocenters. The van der Waals surface area contributed by atoms with E-state index in [9.17, 15) is 26.4 Å². The zero-order valence-corrected chi connectivity index (χ0v) is 20.4. The average molecular weight is 509 g/mol. The summed E-state index contributed by atoms with van der Waals surface area (Å²) < 4.78 is 65.7. The summed E-state index contributed by atoms with van der Waals surface area (Å²) in [5, 5.41) is 7.65. The molecule has 35 heavy (non-hydrogen) atoms. The predicted octanol–water partition coefficient (Wildman–Crippen LogP) is 5.49. The highest BCUT2D eigenvalue weighted by atomic mass is 32.2. The fraction of sp³-hybridized carbons (Fsp3) is 0.458. The molecule has 1 aliphatic rings. The Hall–Kier alpha value is -2.95. The highest BCUT2D eigenvalue weighted by Crippen LogP contribution is 2.37. The van der Waals surface area contributed by atoms with Crippen molar-refractivity contribution in [2.45, 2.75) is 56.6 Å². The summed E-state index contributed by atoms with van der Waals surface area (Å²) in [6.07, 6.45) is 2.24. The first-order chi connectivity index (χ1) is 16.3. The van der Waals surface area contributed by atoms with Crippen molar-refractivity contribution in [1.29, 1.82) is 0 Å². The Balaban J connectivity index is 1.65. The smallest absolute Gasteiger partial charge is 0.319 e. The molecular formula is C24H27F3N4O3S. The number of pyridine rings is 1. The van der Waals surface area contributed by atoms with Gasteiger partial charge in [0.25, 0.3) is 5.91 Å². The Morgan fingerprint density at radius 3 is 2.43 bits per heavy atom. The first-order valence-corrected chi connectivity index (χ1v) is 13.3. The molecule has 0 aliphatic heterocycles. The Bertz CT molecular complexity index is 1360. The second kappa shape index (κ2) is 9.25. The number of nitrogens with one attached hydrogen (secondary N) is 1. The molecule has 2 aromatic heterocycles. The fourth-order valence-electron chi connectivity index (χ4n) is 4.60. The van der Waals surface area contributed by atoms with Gasteiger partial charge >= 0.3 is 6.18 Å². The van der Waals surface area contributed by atoms with Gasteiger partial charge in [0.15, 0.2) is 9.84 Å². The number of halogens is 3. The second-order valence-electron chi connectivity index (χ2n) is 9.46. The number of sulfone groups is 1. The molecule has 4 rings (SSSR count). The third kappa shape index (κ3) is 5.50. The number of alkyl halides is 3. The van der Waals surface area contributed by atoms with Crippen molar-refractivity contribution in [3.05, 3.63) is 47.9 Å². The molecule has 188 valence electrons. The van der Waals surface area contributed by atoms with E-state index < -0.39 is 33.3 Å². The number of amides is 1. The van der Waals surface area contributed by atoms with Crippen LogP contribution in [0.25, 0.3) is 10.9 Å². The van der Waals surface area contributed by atoms with E-state index in [-0.39, 0.29) is 16.6 Å². The molecule has 11 heteroatoms. The molecule has 0 spiro atoms. The van der Waals surface area contributed by atoms with E-state index in [0.717, 1.165) is 50.1 Å². The van der Waals surface area contributed by atoms with Gasteiger partial charge in [-0.15, -0.1) is 0 Å². The number of nitrogens with zero attached hydrogens (tertiary/aromatic N) is 3. The zero-order valence-electron chi connectivity index (χ0n) is 19.6. The first kappa shape index (κ1) is 25.2. The highest BCUT2D eigenvalue weighted by molar-refractivity contribution is 7.90. The molecule has 3 aromatic rings. The third-order valence-electron chi connectivity index (χ3n) is 6.60. The maximum absolute atomic E-state index is 13.0. The predicted molar refractivity (Wildman–Crippen MR) is 126 cm³/mol. The van der Waals surface area contributed by atoms with Crippen molar-refractivity contribution < 1.29 is 26.4 Å². The number of aromatic nitrogens is 3. The topological polar surface area (TPSA) is 94.0 Å². The number of hydrogen-bond acceptors (Lipinski definition) is 5. The largest absolute Gasteiger partial charge is 0.433 e. The van der Waals surface area contributed by atoms with Gasteiger partial charge in [0.2, 0.25) is 0 Å². The normalized spacial score (nSPS) is 19.3. The minimum Gasteiger partial charge on any atom is -0.319 e. The Morgan fingerprint density at radius 2 is 1.83 bits per heavy atom. The van der Waals surface area contributed by atoms with Crippen LogP contribution in [0.15, 0.2) is 41.4 Å². The molecule has 1 amide bonds. The number of carbonyl (C=O) groups is 1. The van der Waals surface area contributed by atoms with Gasteiger partial charge < -0.3 is 5.32 Å². The van der Waals surface area contributed by atoms with Crippen molar-refractivity contribution in [1.82, 2.24) is 14.8 Å². The van der Waals surface area contributed by atoms with Crippen molar-refractivity contribution in [3.8, 4) is 0 Å². The van der Waals surface area contributed by atoms with Crippen LogP contribution in [0.5, 0.6) is 0 Å². The number of benzene rings is 1. The summed E-state index contributed by atoms with van der Waals surface area (Å²) in [5.74, 6) is 0.363. The van der Waals surface area contributed by atoms with Crippen LogP contribution in [-0.2, 0) is 16.0 Å². The van der Waals surface area contributed by atoms with Crippen molar-refractivity contribution in [3.63, 3.8) is 0 Å². The lowest BCUT2D eigenvalue weighted by Crippen LogP contribution is -2.21. The van der Waals surface area contributed by atoms with Gasteiger partial charge in [-0.2, -0.15) is 18.3 Å². The number of anilines is 1. The summed E-state index contributed by atoms with van der Waals surface area (Å²) in [5.41, 5.74) is -1.26. The van der Waals surface area contributed by atoms with Gasteiger partial charge in [0.05, 0.1) is 22.1 Å². The lowest BCUT2D eigenvalue weighted by molar-refractivity contribution is -0.141. The van der Waals surface area contributed by atoms with Gasteiger partial charge in [-0.05, 0) is 61.8 Å². The molecule has 1 aliphatic carbocycles. The van der Waals surface area contributed by atoms with E-state index >= 15 is 0 Å². The van der Waals surface area contributed by atoms with E-state index in [1.807, 2.05) is 10.9 Å². The zero-order chi connectivity index (χ0) is 25.5. The quantitative estimate of drug-likeness (QED) is 0.492. The van der Waals surface area contributed by atoms with E-state index in [4.69, 9.17) is 0 Å². The van der Waals surface area contributed by atoms with Crippen LogP contribution in [0.4, 0.5) is 18.9 Å². The van der Waals surface area contributed by atoms with E-state index in [1.165, 1.54) is 12.1 Å². The standard InChI is InChI=1S/C24H27F3N4O3S/c1-14(2)15-7-9-17(10-8-15)31-13-16-11-20(21(35(3,33)34)12-19(16)30-31)29-23(32)18-5-4-6-22(28-18)24(25,26)27/h4-6,11-15,17H,7-10H2,1-3H3,(H,29,32)/t15-,17-. The maximum atomic E-state index is 13.0. The summed E-state index contributed by atoms with van der Waals surface area (Å²) in [4.78, 5) is 15.9. The van der Waals surface area contributed by atoms with Crippen molar-refractivity contribution in [2.75, 3.05) is 11.6 Å². The average Bonchev–Trinajstić information content (AvgIpc) is 3.20. The van der Waals surface area contributed by atoms with E-state index in [0.29, 0.717) is 22.7 Å². The SMILES string of the molecule is CC(C)[C@H]1CC[C@H](n2cc3cc(NC(=O)c4cccc(C(F)(F)F)n4)c(S(C)(=O)=O)cc3n2)CC1. The van der Waals surface area contributed by atoms with Gasteiger partial charge in [-0.25, -0.2) is 13.4 Å². The number of carbonyl (C=O) groups excluding carboxylic acids is 1. The number of fused-ring (bicyclic) bond motifs is 1. The number of hydrogen-bond donors (Lipinski definition) is 1. The van der Waals surface area contributed by atoms with Crippen molar-refractivity contribution >= 4 is 32.3 Å². The summed E-state index contributed by atoms with van der Waals surface area (Å²) >= 11 is 0. The molecule has 1 N–H and O–H groups in total.